The van der Waals surface area contributed by atoms with Gasteiger partial charge in [-0.3, -0.25) is 0 Å². The summed E-state index contributed by atoms with van der Waals surface area (Å²) in [7, 11) is 0. The van der Waals surface area contributed by atoms with Crippen LogP contribution in [0.3, 0.4) is 0 Å². The second-order valence-corrected chi connectivity index (χ2v) is 8.88. The summed E-state index contributed by atoms with van der Waals surface area (Å²) in [5.74, 6) is 1.40. The van der Waals surface area contributed by atoms with Crippen LogP contribution in [0.15, 0.2) is 134 Å². The molecule has 2 aliphatic rings. The maximum Gasteiger partial charge on any atom is 0.00280 e. The number of benzene rings is 4. The van der Waals surface area contributed by atoms with E-state index in [1.807, 2.05) is 0 Å². The van der Waals surface area contributed by atoms with Crippen LogP contribution in [-0.4, -0.2) is 0 Å². The molecule has 0 spiro atoms. The molecule has 0 radical (unpaired) electrons. The van der Waals surface area contributed by atoms with Gasteiger partial charge in [0.2, 0.25) is 0 Å². The molecule has 4 aromatic rings. The van der Waals surface area contributed by atoms with Gasteiger partial charge in [-0.05, 0) is 32.7 Å². The van der Waals surface area contributed by atoms with E-state index in [-0.39, 0.29) is 0 Å². The first kappa shape index (κ1) is 19.1. The van der Waals surface area contributed by atoms with E-state index in [0.717, 1.165) is 0 Å². The molecule has 0 saturated carbocycles. The van der Waals surface area contributed by atoms with Crippen molar-refractivity contribution in [1.29, 1.82) is 0 Å². The Morgan fingerprint density at radius 2 is 0.781 bits per heavy atom. The largest absolute Gasteiger partial charge is 0.0770 e. The molecular weight excluding hydrogens is 384 g/mol. The van der Waals surface area contributed by atoms with E-state index >= 15 is 0 Å². The van der Waals surface area contributed by atoms with Crippen LogP contribution in [0.1, 0.15) is 23.0 Å². The van der Waals surface area contributed by atoms with E-state index in [9.17, 15) is 0 Å². The predicted octanol–water partition coefficient (Wildman–Crippen LogP) is 8.34. The number of hydrogen-bond acceptors (Lipinski definition) is 0. The summed E-state index contributed by atoms with van der Waals surface area (Å²) in [5.41, 5.74) is 2.88. The van der Waals surface area contributed by atoms with Crippen LogP contribution in [0.5, 0.6) is 0 Å². The van der Waals surface area contributed by atoms with Crippen LogP contribution in [0.25, 0.3) is 21.5 Å². The van der Waals surface area contributed by atoms with Crippen LogP contribution in [0.2, 0.25) is 0 Å². The van der Waals surface area contributed by atoms with Crippen molar-refractivity contribution >= 4 is 21.5 Å². The van der Waals surface area contributed by atoms with E-state index < -0.39 is 0 Å². The Morgan fingerprint density at radius 1 is 0.406 bits per heavy atom. The molecule has 0 bridgehead atoms. The van der Waals surface area contributed by atoms with E-state index in [0.29, 0.717) is 23.7 Å². The van der Waals surface area contributed by atoms with Crippen molar-refractivity contribution in [1.82, 2.24) is 0 Å². The molecule has 0 aliphatic heterocycles. The Bertz CT molecular complexity index is 1250. The number of rotatable bonds is 5. The molecule has 0 unspecified atom stereocenters. The summed E-state index contributed by atoms with van der Waals surface area (Å²) in [6.45, 7) is 0. The molecule has 0 fully saturated rings. The molecule has 0 amide bonds. The highest BCUT2D eigenvalue weighted by Crippen LogP contribution is 2.49. The van der Waals surface area contributed by atoms with Crippen LogP contribution in [-0.2, 0) is 0 Å². The average Bonchev–Trinajstić information content (AvgIpc) is 3.57. The Kier molecular flexibility index (Phi) is 4.85. The normalized spacial score (nSPS) is 17.6. The molecule has 6 rings (SSSR count). The van der Waals surface area contributed by atoms with Gasteiger partial charge >= 0.3 is 0 Å². The minimum absolute atomic E-state index is 0.333. The van der Waals surface area contributed by atoms with Crippen molar-refractivity contribution in [2.45, 2.75) is 11.8 Å². The summed E-state index contributed by atoms with van der Waals surface area (Å²) in [5, 5.41) is 5.36. The minimum atomic E-state index is 0.333. The summed E-state index contributed by atoms with van der Waals surface area (Å²) in [4.78, 5) is 0. The minimum Gasteiger partial charge on any atom is -0.0770 e. The smallest absolute Gasteiger partial charge is 0.00280 e. The van der Waals surface area contributed by atoms with Gasteiger partial charge in [-0.2, -0.15) is 0 Å². The van der Waals surface area contributed by atoms with E-state index in [1.54, 1.807) is 0 Å². The topological polar surface area (TPSA) is 0 Å². The van der Waals surface area contributed by atoms with Gasteiger partial charge in [-0.1, -0.05) is 134 Å². The zero-order valence-electron chi connectivity index (χ0n) is 18.0. The molecule has 0 heteroatoms. The summed E-state index contributed by atoms with van der Waals surface area (Å²) >= 11 is 0. The summed E-state index contributed by atoms with van der Waals surface area (Å²) in [6, 6.07) is 31.3. The molecule has 0 nitrogen and oxygen atoms in total. The van der Waals surface area contributed by atoms with E-state index in [4.69, 9.17) is 0 Å². The second kappa shape index (κ2) is 8.13. The monoisotopic (exact) mass is 410 g/mol. The van der Waals surface area contributed by atoms with Gasteiger partial charge in [0.25, 0.3) is 0 Å². The first-order chi connectivity index (χ1) is 15.9. The highest BCUT2D eigenvalue weighted by Gasteiger charge is 2.36. The molecule has 0 N–H and O–H groups in total. The first-order valence-corrected chi connectivity index (χ1v) is 11.6. The van der Waals surface area contributed by atoms with E-state index in [2.05, 4.69) is 134 Å². The fraction of sp³-hybridized carbons (Fsp3) is 0.125. The lowest BCUT2D eigenvalue weighted by Crippen LogP contribution is -2.23. The maximum atomic E-state index is 2.38. The molecule has 0 heterocycles. The highest BCUT2D eigenvalue weighted by atomic mass is 14.4. The van der Waals surface area contributed by atoms with Gasteiger partial charge in [0, 0.05) is 23.7 Å². The van der Waals surface area contributed by atoms with Gasteiger partial charge in [0.1, 0.15) is 0 Å². The lowest BCUT2D eigenvalue weighted by atomic mass is 9.67. The van der Waals surface area contributed by atoms with Crippen LogP contribution in [0.4, 0.5) is 0 Å². The third-order valence-electron chi connectivity index (χ3n) is 7.14. The lowest BCUT2D eigenvalue weighted by molar-refractivity contribution is 0.441. The van der Waals surface area contributed by atoms with Crippen molar-refractivity contribution in [2.75, 3.05) is 0 Å². The van der Waals surface area contributed by atoms with Crippen molar-refractivity contribution in [3.8, 4) is 0 Å². The van der Waals surface area contributed by atoms with E-state index in [1.165, 1.54) is 32.7 Å². The van der Waals surface area contributed by atoms with Crippen molar-refractivity contribution < 1.29 is 0 Å². The van der Waals surface area contributed by atoms with Crippen LogP contribution in [0, 0.1) is 11.8 Å². The highest BCUT2D eigenvalue weighted by molar-refractivity contribution is 5.88. The zero-order chi connectivity index (χ0) is 21.3. The Balaban J connectivity index is 1.63. The van der Waals surface area contributed by atoms with Gasteiger partial charge in [0.05, 0.1) is 0 Å². The Morgan fingerprint density at radius 3 is 1.22 bits per heavy atom. The van der Waals surface area contributed by atoms with Crippen molar-refractivity contribution in [3.63, 3.8) is 0 Å². The quantitative estimate of drug-likeness (QED) is 0.310. The zero-order valence-corrected chi connectivity index (χ0v) is 18.0. The van der Waals surface area contributed by atoms with Gasteiger partial charge in [0.15, 0.2) is 0 Å². The summed E-state index contributed by atoms with van der Waals surface area (Å²) in [6.07, 6.45) is 18.4. The number of allylic oxidation sites excluding steroid dienone is 8. The molecule has 0 saturated heterocycles. The predicted molar refractivity (Wildman–Crippen MR) is 137 cm³/mol. The lowest BCUT2D eigenvalue weighted by Gasteiger charge is -2.35. The maximum absolute atomic E-state index is 2.38. The number of hydrogen-bond donors (Lipinski definition) is 0. The third kappa shape index (κ3) is 3.24. The summed E-state index contributed by atoms with van der Waals surface area (Å²) < 4.78 is 0. The van der Waals surface area contributed by atoms with Crippen molar-refractivity contribution in [3.05, 3.63) is 145 Å². The average molecular weight is 411 g/mol. The molecule has 2 aliphatic carbocycles. The Hall–Kier alpha value is -3.64. The SMILES string of the molecule is C1=CC([C@H](c2cccc3ccccc23)[C@@H](c2cccc3ccccc23)C2C=CC=C2)C=C1. The first-order valence-electron chi connectivity index (χ1n) is 11.6. The van der Waals surface area contributed by atoms with Crippen LogP contribution < -0.4 is 0 Å². The molecule has 154 valence electrons. The second-order valence-electron chi connectivity index (χ2n) is 8.88. The van der Waals surface area contributed by atoms with Crippen LogP contribution >= 0.6 is 0 Å². The molecule has 2 atom stereocenters. The fourth-order valence-electron chi connectivity index (χ4n) is 5.74. The number of fused-ring (bicyclic) bond motifs is 2. The Labute approximate surface area is 189 Å². The van der Waals surface area contributed by atoms with Gasteiger partial charge < -0.3 is 0 Å². The van der Waals surface area contributed by atoms with Crippen molar-refractivity contribution in [2.24, 2.45) is 11.8 Å². The standard InChI is InChI=1S/C32H26/c1-2-14-25(13-1)31(29-21-9-17-23-11-5-7-19-27(23)29)32(26-15-3-4-16-26)30-22-10-18-24-12-6-8-20-28(24)30/h1-22,25-26,31-32H/t31-,32-/m1/s1. The fourth-order valence-corrected chi connectivity index (χ4v) is 5.74. The van der Waals surface area contributed by atoms with Gasteiger partial charge in [-0.15, -0.1) is 0 Å². The molecule has 4 aromatic carbocycles. The third-order valence-corrected chi connectivity index (χ3v) is 7.14. The molecule has 32 heavy (non-hydrogen) atoms. The van der Waals surface area contributed by atoms with Gasteiger partial charge in [-0.25, -0.2) is 0 Å². The molecular formula is C32H26. The molecule has 0 aromatic heterocycles.